The molecule has 20 heavy (non-hydrogen) atoms. The summed E-state index contributed by atoms with van der Waals surface area (Å²) in [5.41, 5.74) is 1.84. The van der Waals surface area contributed by atoms with E-state index in [4.69, 9.17) is 0 Å². The van der Waals surface area contributed by atoms with Crippen LogP contribution in [0.3, 0.4) is 0 Å². The third-order valence-electron chi connectivity index (χ3n) is 3.31. The quantitative estimate of drug-likeness (QED) is 0.922. The summed E-state index contributed by atoms with van der Waals surface area (Å²) < 4.78 is 41.5. The number of para-hydroxylation sites is 1. The van der Waals surface area contributed by atoms with Crippen molar-refractivity contribution in [2.24, 2.45) is 0 Å². The lowest BCUT2D eigenvalue weighted by Gasteiger charge is -2.14. The maximum Gasteiger partial charge on any atom is 0.573 e. The van der Waals surface area contributed by atoms with E-state index in [1.165, 1.54) is 12.1 Å². The van der Waals surface area contributed by atoms with Gasteiger partial charge in [0.15, 0.2) is 5.75 Å². The smallest absolute Gasteiger partial charge is 0.403 e. The Hall–Kier alpha value is -1.98. The molecule has 0 aliphatic heterocycles. The van der Waals surface area contributed by atoms with Crippen molar-refractivity contribution in [2.45, 2.75) is 25.1 Å². The minimum Gasteiger partial charge on any atom is -0.403 e. The van der Waals surface area contributed by atoms with Gasteiger partial charge in [0.05, 0.1) is 0 Å². The zero-order valence-corrected chi connectivity index (χ0v) is 10.8. The van der Waals surface area contributed by atoms with Crippen molar-refractivity contribution in [3.63, 3.8) is 0 Å². The summed E-state index contributed by atoms with van der Waals surface area (Å²) in [4.78, 5) is 4.36. The highest BCUT2D eigenvalue weighted by Gasteiger charge is 2.33. The minimum absolute atomic E-state index is 0.249. The lowest BCUT2D eigenvalue weighted by atomic mass is 10.1. The van der Waals surface area contributed by atoms with Crippen LogP contribution in [-0.2, 0) is 0 Å². The standard InChI is InChI=1S/C14H13F3N2O/c1-18-11-7-10(8-5-6-8)19-13-9(11)3-2-4-12(13)20-14(15,16)17/h2-4,7-8H,5-6H2,1H3,(H,18,19). The molecular formula is C14H13F3N2O. The lowest BCUT2D eigenvalue weighted by molar-refractivity contribution is -0.274. The largest absolute Gasteiger partial charge is 0.573 e. The van der Waals surface area contributed by atoms with E-state index < -0.39 is 6.36 Å². The van der Waals surface area contributed by atoms with Crippen LogP contribution >= 0.6 is 0 Å². The molecule has 1 aromatic heterocycles. The number of alkyl halides is 3. The Balaban J connectivity index is 2.17. The van der Waals surface area contributed by atoms with Crippen LogP contribution in [0.4, 0.5) is 18.9 Å². The number of anilines is 1. The second kappa shape index (κ2) is 4.54. The van der Waals surface area contributed by atoms with E-state index in [-0.39, 0.29) is 11.3 Å². The van der Waals surface area contributed by atoms with Crippen molar-refractivity contribution in [3.8, 4) is 5.75 Å². The highest BCUT2D eigenvalue weighted by molar-refractivity contribution is 5.95. The number of nitrogens with one attached hydrogen (secondary N) is 1. The van der Waals surface area contributed by atoms with Crippen LogP contribution in [0.25, 0.3) is 10.9 Å². The van der Waals surface area contributed by atoms with E-state index in [1.807, 2.05) is 6.07 Å². The molecule has 0 spiro atoms. The zero-order valence-electron chi connectivity index (χ0n) is 10.8. The Morgan fingerprint density at radius 1 is 1.30 bits per heavy atom. The van der Waals surface area contributed by atoms with Crippen molar-refractivity contribution >= 4 is 16.6 Å². The predicted molar refractivity (Wildman–Crippen MR) is 69.9 cm³/mol. The molecule has 3 nitrogen and oxygen atoms in total. The maximum absolute atomic E-state index is 12.5. The fraction of sp³-hybridized carbons (Fsp3) is 0.357. The van der Waals surface area contributed by atoms with E-state index in [0.717, 1.165) is 24.2 Å². The van der Waals surface area contributed by atoms with Crippen LogP contribution in [0.15, 0.2) is 24.3 Å². The molecule has 106 valence electrons. The van der Waals surface area contributed by atoms with Crippen LogP contribution in [-0.4, -0.2) is 18.4 Å². The highest BCUT2D eigenvalue weighted by Crippen LogP contribution is 2.42. The third kappa shape index (κ3) is 2.50. The molecule has 1 aliphatic rings. The molecule has 0 amide bonds. The SMILES string of the molecule is CNc1cc(C2CC2)nc2c(OC(F)(F)F)cccc12. The van der Waals surface area contributed by atoms with Crippen molar-refractivity contribution in [1.82, 2.24) is 4.98 Å². The van der Waals surface area contributed by atoms with Gasteiger partial charge in [0, 0.05) is 29.7 Å². The van der Waals surface area contributed by atoms with Gasteiger partial charge in [-0.25, -0.2) is 4.98 Å². The van der Waals surface area contributed by atoms with E-state index in [9.17, 15) is 13.2 Å². The van der Waals surface area contributed by atoms with Gasteiger partial charge in [0.2, 0.25) is 0 Å². The Labute approximate surface area is 113 Å². The summed E-state index contributed by atoms with van der Waals surface area (Å²) in [6.45, 7) is 0. The molecule has 0 radical (unpaired) electrons. The van der Waals surface area contributed by atoms with Gasteiger partial charge in [-0.1, -0.05) is 12.1 Å². The first-order valence-electron chi connectivity index (χ1n) is 6.35. The average molecular weight is 282 g/mol. The fourth-order valence-corrected chi connectivity index (χ4v) is 2.24. The topological polar surface area (TPSA) is 34.2 Å². The zero-order chi connectivity index (χ0) is 14.3. The monoisotopic (exact) mass is 282 g/mol. The van der Waals surface area contributed by atoms with Crippen LogP contribution < -0.4 is 10.1 Å². The number of hydrogen-bond acceptors (Lipinski definition) is 3. The molecule has 6 heteroatoms. The Kier molecular flexibility index (Phi) is 2.96. The first-order chi connectivity index (χ1) is 9.48. The molecule has 1 aromatic carbocycles. The number of pyridine rings is 1. The molecule has 1 aliphatic carbocycles. The lowest BCUT2D eigenvalue weighted by Crippen LogP contribution is -2.17. The van der Waals surface area contributed by atoms with Crippen LogP contribution in [0, 0.1) is 0 Å². The van der Waals surface area contributed by atoms with E-state index in [2.05, 4.69) is 15.0 Å². The predicted octanol–water partition coefficient (Wildman–Crippen LogP) is 4.05. The van der Waals surface area contributed by atoms with Crippen LogP contribution in [0.1, 0.15) is 24.5 Å². The summed E-state index contributed by atoms with van der Waals surface area (Å²) in [7, 11) is 1.74. The van der Waals surface area contributed by atoms with Gasteiger partial charge >= 0.3 is 6.36 Å². The van der Waals surface area contributed by atoms with Gasteiger partial charge < -0.3 is 10.1 Å². The molecule has 2 aromatic rings. The molecule has 1 saturated carbocycles. The summed E-state index contributed by atoms with van der Waals surface area (Å²) in [5.74, 6) is 0.0967. The highest BCUT2D eigenvalue weighted by atomic mass is 19.4. The van der Waals surface area contributed by atoms with Gasteiger partial charge in [-0.15, -0.1) is 13.2 Å². The van der Waals surface area contributed by atoms with E-state index in [1.54, 1.807) is 13.1 Å². The third-order valence-corrected chi connectivity index (χ3v) is 3.31. The first kappa shape index (κ1) is 13.0. The van der Waals surface area contributed by atoms with Crippen molar-refractivity contribution in [2.75, 3.05) is 12.4 Å². The Morgan fingerprint density at radius 3 is 2.65 bits per heavy atom. The van der Waals surface area contributed by atoms with Crippen LogP contribution in [0.2, 0.25) is 0 Å². The van der Waals surface area contributed by atoms with Crippen molar-refractivity contribution < 1.29 is 17.9 Å². The molecule has 0 atom stereocenters. The molecule has 1 fully saturated rings. The molecular weight excluding hydrogens is 269 g/mol. The minimum atomic E-state index is -4.72. The number of rotatable bonds is 3. The maximum atomic E-state index is 12.5. The number of ether oxygens (including phenoxy) is 1. The van der Waals surface area contributed by atoms with Gasteiger partial charge in [-0.05, 0) is 25.0 Å². The van der Waals surface area contributed by atoms with Crippen molar-refractivity contribution in [1.29, 1.82) is 0 Å². The molecule has 3 rings (SSSR count). The normalized spacial score (nSPS) is 15.4. The van der Waals surface area contributed by atoms with Gasteiger partial charge in [-0.3, -0.25) is 0 Å². The number of fused-ring (bicyclic) bond motifs is 1. The molecule has 1 N–H and O–H groups in total. The number of halogens is 3. The average Bonchev–Trinajstić information content (AvgIpc) is 3.20. The molecule has 0 saturated heterocycles. The number of aromatic nitrogens is 1. The Bertz CT molecular complexity index is 651. The van der Waals surface area contributed by atoms with Gasteiger partial charge in [0.1, 0.15) is 5.52 Å². The number of benzene rings is 1. The summed E-state index contributed by atoms with van der Waals surface area (Å²) >= 11 is 0. The van der Waals surface area contributed by atoms with Crippen LogP contribution in [0.5, 0.6) is 5.75 Å². The molecule has 1 heterocycles. The molecule has 0 unspecified atom stereocenters. The molecule has 0 bridgehead atoms. The number of hydrogen-bond donors (Lipinski definition) is 1. The van der Waals surface area contributed by atoms with E-state index >= 15 is 0 Å². The van der Waals surface area contributed by atoms with Crippen molar-refractivity contribution in [3.05, 3.63) is 30.0 Å². The fourth-order valence-electron chi connectivity index (χ4n) is 2.24. The second-order valence-electron chi connectivity index (χ2n) is 4.82. The number of nitrogens with zero attached hydrogens (tertiary/aromatic N) is 1. The summed E-state index contributed by atoms with van der Waals surface area (Å²) in [6, 6.07) is 6.45. The van der Waals surface area contributed by atoms with Gasteiger partial charge in [-0.2, -0.15) is 0 Å². The second-order valence-corrected chi connectivity index (χ2v) is 4.82. The summed E-state index contributed by atoms with van der Waals surface area (Å²) in [6.07, 6.45) is -2.65. The van der Waals surface area contributed by atoms with Gasteiger partial charge in [0.25, 0.3) is 0 Å². The van der Waals surface area contributed by atoms with E-state index in [0.29, 0.717) is 11.3 Å². The summed E-state index contributed by atoms with van der Waals surface area (Å²) in [5, 5.41) is 3.63. The Morgan fingerprint density at radius 2 is 2.05 bits per heavy atom. The first-order valence-corrected chi connectivity index (χ1v) is 6.35.